The van der Waals surface area contributed by atoms with E-state index in [-0.39, 0.29) is 5.91 Å². The Morgan fingerprint density at radius 2 is 1.84 bits per heavy atom. The van der Waals surface area contributed by atoms with Crippen LogP contribution in [-0.2, 0) is 6.54 Å². The molecule has 0 bridgehead atoms. The van der Waals surface area contributed by atoms with Gasteiger partial charge >= 0.3 is 0 Å². The molecular weight excluding hydrogens is 332 g/mol. The average molecular weight is 352 g/mol. The van der Waals surface area contributed by atoms with Crippen molar-refractivity contribution in [1.29, 1.82) is 0 Å². The smallest absolute Gasteiger partial charge is 0.255 e. The number of nitrogens with zero attached hydrogens (tertiary/aromatic N) is 1. The molecule has 0 spiro atoms. The third kappa shape index (κ3) is 3.72. The summed E-state index contributed by atoms with van der Waals surface area (Å²) in [6, 6.07) is 15.4. The van der Waals surface area contributed by atoms with Gasteiger partial charge in [0.2, 0.25) is 0 Å². The third-order valence-electron chi connectivity index (χ3n) is 4.03. The molecule has 25 heavy (non-hydrogen) atoms. The Morgan fingerprint density at radius 1 is 1.12 bits per heavy atom. The van der Waals surface area contributed by atoms with Crippen LogP contribution in [0.1, 0.15) is 26.5 Å². The van der Waals surface area contributed by atoms with E-state index in [1.165, 1.54) is 5.56 Å². The summed E-state index contributed by atoms with van der Waals surface area (Å²) in [5.74, 6) is 0.421. The van der Waals surface area contributed by atoms with Gasteiger partial charge in [0.25, 0.3) is 5.91 Å². The zero-order valence-electron chi connectivity index (χ0n) is 14.5. The maximum Gasteiger partial charge on any atom is 0.255 e. The fourth-order valence-electron chi connectivity index (χ4n) is 2.61. The van der Waals surface area contributed by atoms with Crippen LogP contribution in [0.4, 0.5) is 0 Å². The number of nitrogens with one attached hydrogen (secondary N) is 1. The number of aryl methyl sites for hydroxylation is 2. The highest BCUT2D eigenvalue weighted by Gasteiger charge is 2.14. The molecule has 0 radical (unpaired) electrons. The van der Waals surface area contributed by atoms with E-state index in [4.69, 9.17) is 4.74 Å². The Bertz CT molecular complexity index is 902. The van der Waals surface area contributed by atoms with Crippen molar-refractivity contribution >= 4 is 17.2 Å². The van der Waals surface area contributed by atoms with Crippen molar-refractivity contribution in [1.82, 2.24) is 10.3 Å². The van der Waals surface area contributed by atoms with Crippen LogP contribution >= 0.6 is 11.3 Å². The molecule has 0 saturated carbocycles. The maximum absolute atomic E-state index is 12.4. The lowest BCUT2D eigenvalue weighted by Gasteiger charge is -2.08. The zero-order valence-corrected chi connectivity index (χ0v) is 15.3. The monoisotopic (exact) mass is 352 g/mol. The van der Waals surface area contributed by atoms with Crippen molar-refractivity contribution in [3.05, 3.63) is 70.2 Å². The van der Waals surface area contributed by atoms with E-state index in [0.717, 1.165) is 21.1 Å². The number of carbonyl (C=O) groups is 1. The van der Waals surface area contributed by atoms with Crippen LogP contribution in [0.3, 0.4) is 0 Å². The molecule has 0 fully saturated rings. The summed E-state index contributed by atoms with van der Waals surface area (Å²) < 4.78 is 5.25. The summed E-state index contributed by atoms with van der Waals surface area (Å²) in [4.78, 5) is 18.2. The van der Waals surface area contributed by atoms with Crippen molar-refractivity contribution < 1.29 is 9.53 Å². The van der Waals surface area contributed by atoms with Gasteiger partial charge in [0.05, 0.1) is 24.9 Å². The predicted octanol–water partition coefficient (Wildman–Crippen LogP) is 4.37. The summed E-state index contributed by atoms with van der Waals surface area (Å²) >= 11 is 1.62. The summed E-state index contributed by atoms with van der Waals surface area (Å²) in [7, 11) is 1.56. The molecule has 3 aromatic rings. The fraction of sp³-hybridized carbons (Fsp3) is 0.200. The van der Waals surface area contributed by atoms with Crippen molar-refractivity contribution in [2.45, 2.75) is 20.4 Å². The minimum Gasteiger partial charge on any atom is -0.496 e. The highest BCUT2D eigenvalue weighted by molar-refractivity contribution is 7.15. The van der Waals surface area contributed by atoms with Crippen LogP contribution in [0.2, 0.25) is 0 Å². The number of amides is 1. The van der Waals surface area contributed by atoms with Gasteiger partial charge in [0.15, 0.2) is 0 Å². The van der Waals surface area contributed by atoms with Crippen LogP contribution in [0.5, 0.6) is 5.75 Å². The second-order valence-corrected chi connectivity index (χ2v) is 6.81. The van der Waals surface area contributed by atoms with Gasteiger partial charge in [0, 0.05) is 10.4 Å². The fourth-order valence-corrected chi connectivity index (χ4v) is 3.70. The second-order valence-electron chi connectivity index (χ2n) is 5.73. The zero-order chi connectivity index (χ0) is 17.8. The van der Waals surface area contributed by atoms with Crippen LogP contribution < -0.4 is 10.1 Å². The Hall–Kier alpha value is -2.66. The van der Waals surface area contributed by atoms with Gasteiger partial charge in [-0.2, -0.15) is 0 Å². The van der Waals surface area contributed by atoms with E-state index in [9.17, 15) is 4.79 Å². The predicted molar refractivity (Wildman–Crippen MR) is 101 cm³/mol. The molecule has 1 amide bonds. The number of aromatic nitrogens is 1. The van der Waals surface area contributed by atoms with Gasteiger partial charge in [-0.05, 0) is 31.5 Å². The first-order valence-electron chi connectivity index (χ1n) is 8.03. The molecular formula is C20H20N2O2S. The lowest BCUT2D eigenvalue weighted by atomic mass is 10.1. The van der Waals surface area contributed by atoms with Crippen molar-refractivity contribution in [3.8, 4) is 16.3 Å². The molecule has 1 N–H and O–H groups in total. The van der Waals surface area contributed by atoms with Gasteiger partial charge in [-0.1, -0.05) is 36.4 Å². The first-order valence-corrected chi connectivity index (χ1v) is 8.85. The molecule has 0 aliphatic heterocycles. The molecule has 4 nitrogen and oxygen atoms in total. The molecule has 0 atom stereocenters. The highest BCUT2D eigenvalue weighted by Crippen LogP contribution is 2.30. The summed E-state index contributed by atoms with van der Waals surface area (Å²) in [6.07, 6.45) is 0. The highest BCUT2D eigenvalue weighted by atomic mass is 32.1. The number of methoxy groups -OCH3 is 1. The van der Waals surface area contributed by atoms with E-state index < -0.39 is 0 Å². The Kier molecular flexibility index (Phi) is 5.14. The minimum absolute atomic E-state index is 0.150. The number of para-hydroxylation sites is 1. The van der Waals surface area contributed by atoms with Crippen LogP contribution in [-0.4, -0.2) is 18.0 Å². The van der Waals surface area contributed by atoms with Crippen molar-refractivity contribution in [2.75, 3.05) is 7.11 Å². The van der Waals surface area contributed by atoms with Crippen molar-refractivity contribution in [2.24, 2.45) is 0 Å². The van der Waals surface area contributed by atoms with Gasteiger partial charge in [0.1, 0.15) is 10.8 Å². The Labute approximate surface area is 151 Å². The summed E-state index contributed by atoms with van der Waals surface area (Å²) in [5, 5.41) is 3.95. The van der Waals surface area contributed by atoms with E-state index in [1.807, 2.05) is 31.2 Å². The number of carbonyl (C=O) groups excluding carboxylic acids is 1. The number of hydrogen-bond donors (Lipinski definition) is 1. The van der Waals surface area contributed by atoms with E-state index in [2.05, 4.69) is 29.4 Å². The molecule has 5 heteroatoms. The van der Waals surface area contributed by atoms with Crippen molar-refractivity contribution in [3.63, 3.8) is 0 Å². The number of ether oxygens (including phenoxy) is 1. The first kappa shape index (κ1) is 17.2. The summed E-state index contributed by atoms with van der Waals surface area (Å²) in [5.41, 5.74) is 3.81. The maximum atomic E-state index is 12.4. The number of rotatable bonds is 5. The number of thiazole rings is 1. The third-order valence-corrected chi connectivity index (χ3v) is 5.22. The molecule has 1 aromatic heterocycles. The second kappa shape index (κ2) is 7.49. The summed E-state index contributed by atoms with van der Waals surface area (Å²) in [6.45, 7) is 4.50. The van der Waals surface area contributed by atoms with Crippen LogP contribution in [0.15, 0.2) is 48.5 Å². The minimum atomic E-state index is -0.150. The SMILES string of the molecule is COc1ccccc1C(=O)NCc1sc(-c2ccccc2C)nc1C. The molecule has 0 saturated heterocycles. The van der Waals surface area contributed by atoms with Crippen LogP contribution in [0.25, 0.3) is 10.6 Å². The topological polar surface area (TPSA) is 51.2 Å². The average Bonchev–Trinajstić information content (AvgIpc) is 3.00. The molecule has 0 aliphatic rings. The van der Waals surface area contributed by atoms with Crippen LogP contribution in [0, 0.1) is 13.8 Å². The Morgan fingerprint density at radius 3 is 2.60 bits per heavy atom. The molecule has 3 rings (SSSR count). The lowest BCUT2D eigenvalue weighted by molar-refractivity contribution is 0.0948. The molecule has 0 unspecified atom stereocenters. The van der Waals surface area contributed by atoms with Gasteiger partial charge < -0.3 is 10.1 Å². The lowest BCUT2D eigenvalue weighted by Crippen LogP contribution is -2.23. The molecule has 2 aromatic carbocycles. The standard InChI is InChI=1S/C20H20N2O2S/c1-13-8-4-5-9-15(13)20-22-14(2)18(25-20)12-21-19(23)16-10-6-7-11-17(16)24-3/h4-11H,12H2,1-3H3,(H,21,23). The van der Waals surface area contributed by atoms with Gasteiger partial charge in [-0.25, -0.2) is 4.98 Å². The number of benzene rings is 2. The molecule has 128 valence electrons. The van der Waals surface area contributed by atoms with E-state index in [0.29, 0.717) is 17.9 Å². The van der Waals surface area contributed by atoms with E-state index >= 15 is 0 Å². The molecule has 1 heterocycles. The quantitative estimate of drug-likeness (QED) is 0.742. The largest absolute Gasteiger partial charge is 0.496 e. The number of hydrogen-bond acceptors (Lipinski definition) is 4. The normalized spacial score (nSPS) is 10.5. The first-order chi connectivity index (χ1) is 12.1. The molecule has 0 aliphatic carbocycles. The van der Waals surface area contributed by atoms with Gasteiger partial charge in [-0.15, -0.1) is 11.3 Å². The Balaban J connectivity index is 1.76. The van der Waals surface area contributed by atoms with E-state index in [1.54, 1.807) is 30.6 Å². The van der Waals surface area contributed by atoms with Gasteiger partial charge in [-0.3, -0.25) is 4.79 Å².